The van der Waals surface area contributed by atoms with Gasteiger partial charge >= 0.3 is 0 Å². The fourth-order valence-corrected chi connectivity index (χ4v) is 3.34. The van der Waals surface area contributed by atoms with Gasteiger partial charge in [-0.2, -0.15) is 0 Å². The van der Waals surface area contributed by atoms with Crippen LogP contribution in [0.5, 0.6) is 0 Å². The minimum atomic E-state index is -0.263. The lowest BCUT2D eigenvalue weighted by atomic mass is 9.83. The van der Waals surface area contributed by atoms with Gasteiger partial charge in [-0.3, -0.25) is 0 Å². The minimum Gasteiger partial charge on any atom is -0.469 e. The third-order valence-corrected chi connectivity index (χ3v) is 4.57. The van der Waals surface area contributed by atoms with Gasteiger partial charge in [0.2, 0.25) is 0 Å². The van der Waals surface area contributed by atoms with Crippen molar-refractivity contribution < 1.29 is 9.15 Å². The van der Waals surface area contributed by atoms with Crippen LogP contribution in [0, 0.1) is 12.8 Å². The number of hydrogen-bond acceptors (Lipinski definition) is 4. The van der Waals surface area contributed by atoms with Crippen LogP contribution in [0.1, 0.15) is 39.0 Å². The Hall–Kier alpha value is -0.840. The number of aryl methyl sites for hydroxylation is 1. The standard InChI is InChI=1S/C16H28N2O2/c1-11-12(7-8-19-11)9-18(6)10-13-14(17)16(4,5)20-15(13,2)3/h7-8,13-14H,9-10,17H2,1-6H3. The number of nitrogens with zero attached hydrogens (tertiary/aromatic N) is 1. The molecule has 114 valence electrons. The first-order chi connectivity index (χ1) is 9.13. The smallest absolute Gasteiger partial charge is 0.105 e. The third-order valence-electron chi connectivity index (χ3n) is 4.57. The predicted molar refractivity (Wildman–Crippen MR) is 80.5 cm³/mol. The van der Waals surface area contributed by atoms with E-state index in [2.05, 4.69) is 39.6 Å². The maximum absolute atomic E-state index is 6.41. The summed E-state index contributed by atoms with van der Waals surface area (Å²) in [5, 5.41) is 0. The van der Waals surface area contributed by atoms with E-state index in [1.54, 1.807) is 6.26 Å². The molecular weight excluding hydrogens is 252 g/mol. The van der Waals surface area contributed by atoms with Crippen LogP contribution < -0.4 is 5.73 Å². The van der Waals surface area contributed by atoms with Crippen molar-refractivity contribution in [3.05, 3.63) is 23.7 Å². The highest BCUT2D eigenvalue weighted by Crippen LogP contribution is 2.41. The molecule has 1 aliphatic heterocycles. The second-order valence-corrected chi connectivity index (χ2v) is 7.14. The van der Waals surface area contributed by atoms with Crippen LogP contribution in [0.25, 0.3) is 0 Å². The van der Waals surface area contributed by atoms with E-state index in [1.165, 1.54) is 5.56 Å². The van der Waals surface area contributed by atoms with E-state index < -0.39 is 0 Å². The lowest BCUT2D eigenvalue weighted by molar-refractivity contribution is -0.0782. The van der Waals surface area contributed by atoms with E-state index in [-0.39, 0.29) is 17.2 Å². The van der Waals surface area contributed by atoms with Gasteiger partial charge in [-0.25, -0.2) is 0 Å². The lowest BCUT2D eigenvalue weighted by Crippen LogP contribution is -2.47. The first kappa shape index (κ1) is 15.5. The van der Waals surface area contributed by atoms with Gasteiger partial charge in [0.25, 0.3) is 0 Å². The van der Waals surface area contributed by atoms with E-state index in [9.17, 15) is 0 Å². The molecule has 1 saturated heterocycles. The molecule has 1 aliphatic rings. The first-order valence-corrected chi connectivity index (χ1v) is 7.31. The van der Waals surface area contributed by atoms with Crippen LogP contribution in [0.3, 0.4) is 0 Å². The number of rotatable bonds is 4. The van der Waals surface area contributed by atoms with Gasteiger partial charge < -0.3 is 19.8 Å². The van der Waals surface area contributed by atoms with Crippen molar-refractivity contribution in [3.8, 4) is 0 Å². The summed E-state index contributed by atoms with van der Waals surface area (Å²) in [6, 6.07) is 2.08. The van der Waals surface area contributed by atoms with Crippen molar-refractivity contribution in [2.24, 2.45) is 11.7 Å². The number of furan rings is 1. The van der Waals surface area contributed by atoms with Crippen molar-refractivity contribution in [2.45, 2.75) is 58.4 Å². The van der Waals surface area contributed by atoms with E-state index >= 15 is 0 Å². The van der Waals surface area contributed by atoms with Gasteiger partial charge in [-0.1, -0.05) is 0 Å². The summed E-state index contributed by atoms with van der Waals surface area (Å²) in [5.74, 6) is 1.30. The normalized spacial score (nSPS) is 28.2. The van der Waals surface area contributed by atoms with E-state index in [1.807, 2.05) is 13.0 Å². The Bertz CT molecular complexity index is 465. The molecule has 0 amide bonds. The molecule has 20 heavy (non-hydrogen) atoms. The van der Waals surface area contributed by atoms with Crippen LogP contribution in [0.2, 0.25) is 0 Å². The van der Waals surface area contributed by atoms with Crippen molar-refractivity contribution in [1.29, 1.82) is 0 Å². The molecule has 2 rings (SSSR count). The van der Waals surface area contributed by atoms with Crippen LogP contribution in [0.4, 0.5) is 0 Å². The highest BCUT2D eigenvalue weighted by molar-refractivity contribution is 5.15. The molecule has 0 radical (unpaired) electrons. The summed E-state index contributed by atoms with van der Waals surface area (Å²) in [5.41, 5.74) is 7.19. The Labute approximate surface area is 122 Å². The predicted octanol–water partition coefficient (Wildman–Crippen LogP) is 2.55. The van der Waals surface area contributed by atoms with Crippen LogP contribution in [0.15, 0.2) is 16.7 Å². The Morgan fingerprint density at radius 3 is 2.35 bits per heavy atom. The maximum Gasteiger partial charge on any atom is 0.105 e. The van der Waals surface area contributed by atoms with Gasteiger partial charge in [0.15, 0.2) is 0 Å². The average molecular weight is 280 g/mol. The molecule has 2 N–H and O–H groups in total. The van der Waals surface area contributed by atoms with Crippen LogP contribution >= 0.6 is 0 Å². The SMILES string of the molecule is Cc1occc1CN(C)CC1C(N)C(C)(C)OC1(C)C. The molecule has 2 heterocycles. The lowest BCUT2D eigenvalue weighted by Gasteiger charge is -2.31. The van der Waals surface area contributed by atoms with Gasteiger partial charge in [0.1, 0.15) is 5.76 Å². The molecule has 1 aromatic heterocycles. The number of nitrogens with two attached hydrogens (primary N) is 1. The number of hydrogen-bond donors (Lipinski definition) is 1. The van der Waals surface area contributed by atoms with E-state index in [4.69, 9.17) is 14.9 Å². The fourth-order valence-electron chi connectivity index (χ4n) is 3.34. The summed E-state index contributed by atoms with van der Waals surface area (Å²) in [6.07, 6.45) is 1.75. The van der Waals surface area contributed by atoms with Crippen molar-refractivity contribution in [3.63, 3.8) is 0 Å². The Balaban J connectivity index is 2.04. The van der Waals surface area contributed by atoms with E-state index in [0.29, 0.717) is 5.92 Å². The monoisotopic (exact) mass is 280 g/mol. The summed E-state index contributed by atoms with van der Waals surface area (Å²) >= 11 is 0. The molecule has 2 atom stereocenters. The second kappa shape index (κ2) is 5.17. The van der Waals surface area contributed by atoms with Gasteiger partial charge in [0, 0.05) is 30.6 Å². The van der Waals surface area contributed by atoms with Crippen molar-refractivity contribution in [1.82, 2.24) is 4.90 Å². The molecule has 0 bridgehead atoms. The average Bonchev–Trinajstić information content (AvgIpc) is 2.74. The topological polar surface area (TPSA) is 51.6 Å². The Morgan fingerprint density at radius 2 is 1.90 bits per heavy atom. The molecular formula is C16H28N2O2. The summed E-state index contributed by atoms with van der Waals surface area (Å²) in [4.78, 5) is 2.30. The zero-order valence-electron chi connectivity index (χ0n) is 13.6. The molecule has 2 unspecified atom stereocenters. The van der Waals surface area contributed by atoms with Crippen molar-refractivity contribution >= 4 is 0 Å². The highest BCUT2D eigenvalue weighted by atomic mass is 16.5. The largest absolute Gasteiger partial charge is 0.469 e. The summed E-state index contributed by atoms with van der Waals surface area (Å²) in [6.45, 7) is 12.2. The maximum atomic E-state index is 6.41. The molecule has 0 aliphatic carbocycles. The summed E-state index contributed by atoms with van der Waals surface area (Å²) < 4.78 is 11.5. The molecule has 1 aromatic rings. The van der Waals surface area contributed by atoms with Gasteiger partial charge in [0.05, 0.1) is 17.5 Å². The quantitative estimate of drug-likeness (QED) is 0.921. The van der Waals surface area contributed by atoms with Gasteiger partial charge in [-0.15, -0.1) is 0 Å². The molecule has 0 aromatic carbocycles. The molecule has 0 saturated carbocycles. The molecule has 4 nitrogen and oxygen atoms in total. The third kappa shape index (κ3) is 2.92. The Morgan fingerprint density at radius 1 is 1.25 bits per heavy atom. The molecule has 0 spiro atoms. The zero-order chi connectivity index (χ0) is 15.1. The molecule has 1 fully saturated rings. The minimum absolute atomic E-state index is 0.0467. The summed E-state index contributed by atoms with van der Waals surface area (Å²) in [7, 11) is 2.13. The molecule has 4 heteroatoms. The highest BCUT2D eigenvalue weighted by Gasteiger charge is 2.52. The second-order valence-electron chi connectivity index (χ2n) is 7.14. The zero-order valence-corrected chi connectivity index (χ0v) is 13.6. The van der Waals surface area contributed by atoms with Gasteiger partial charge in [-0.05, 0) is 47.7 Å². The van der Waals surface area contributed by atoms with Crippen molar-refractivity contribution in [2.75, 3.05) is 13.6 Å². The number of ether oxygens (including phenoxy) is 1. The van der Waals surface area contributed by atoms with E-state index in [0.717, 1.165) is 18.8 Å². The first-order valence-electron chi connectivity index (χ1n) is 7.31. The fraction of sp³-hybridized carbons (Fsp3) is 0.750. The van der Waals surface area contributed by atoms with Crippen LogP contribution in [-0.4, -0.2) is 35.7 Å². The Kier molecular flexibility index (Phi) is 4.02. The van der Waals surface area contributed by atoms with Crippen LogP contribution in [-0.2, 0) is 11.3 Å².